The third-order valence-electron chi connectivity index (χ3n) is 1.20. The molecule has 0 radical (unpaired) electrons. The van der Waals surface area contributed by atoms with Crippen LogP contribution in [0.4, 0.5) is 0 Å². The Morgan fingerprint density at radius 3 is 2.82 bits per heavy atom. The zero-order valence-electron chi connectivity index (χ0n) is 6.30. The van der Waals surface area contributed by atoms with Crippen LogP contribution in [0.3, 0.4) is 0 Å². The van der Waals surface area contributed by atoms with Crippen LogP contribution in [-0.2, 0) is 0 Å². The molecule has 4 heteroatoms. The summed E-state index contributed by atoms with van der Waals surface area (Å²) >= 11 is 4.85. The smallest absolute Gasteiger partial charge is 0.151 e. The van der Waals surface area contributed by atoms with Crippen LogP contribution in [0.25, 0.3) is 0 Å². The molecule has 0 amide bonds. The van der Waals surface area contributed by atoms with Gasteiger partial charge >= 0.3 is 0 Å². The van der Waals surface area contributed by atoms with Gasteiger partial charge in [0, 0.05) is 0 Å². The highest BCUT2D eigenvalue weighted by Gasteiger charge is 2.02. The van der Waals surface area contributed by atoms with Gasteiger partial charge in [0.1, 0.15) is 9.63 Å². The molecule has 0 aliphatic carbocycles. The Morgan fingerprint density at radius 2 is 2.27 bits per heavy atom. The van der Waals surface area contributed by atoms with E-state index in [4.69, 9.17) is 4.74 Å². The minimum atomic E-state index is 0.820. The van der Waals surface area contributed by atoms with E-state index in [-0.39, 0.29) is 0 Å². The van der Waals surface area contributed by atoms with Gasteiger partial charge in [-0.05, 0) is 34.3 Å². The molecule has 0 atom stereocenters. The number of hydrogen-bond acceptors (Lipinski definition) is 3. The number of ether oxygens (including phenoxy) is 1. The summed E-state index contributed by atoms with van der Waals surface area (Å²) in [5.41, 5.74) is 0. The van der Waals surface area contributed by atoms with E-state index in [1.807, 2.05) is 18.4 Å². The predicted octanol–water partition coefficient (Wildman–Crippen LogP) is 2.57. The van der Waals surface area contributed by atoms with E-state index < -0.39 is 0 Å². The fourth-order valence-electron chi connectivity index (χ4n) is 0.707. The van der Waals surface area contributed by atoms with Crippen LogP contribution in [0, 0.1) is 0 Å². The summed E-state index contributed by atoms with van der Waals surface area (Å²) in [6.07, 6.45) is 1.97. The van der Waals surface area contributed by atoms with E-state index in [9.17, 15) is 0 Å². The molecular formula is C7H8BrNOS. The van der Waals surface area contributed by atoms with Gasteiger partial charge in [0.2, 0.25) is 0 Å². The Kier molecular flexibility index (Phi) is 3.20. The molecule has 1 rings (SSSR count). The van der Waals surface area contributed by atoms with Crippen molar-refractivity contribution in [3.05, 3.63) is 16.7 Å². The van der Waals surface area contributed by atoms with E-state index >= 15 is 0 Å². The third-order valence-corrected chi connectivity index (χ3v) is 2.33. The topological polar surface area (TPSA) is 22.1 Å². The number of rotatable bonds is 2. The SMILES string of the molecule is COc1ccc(Br)nc1SC. The Balaban J connectivity index is 3.06. The summed E-state index contributed by atoms with van der Waals surface area (Å²) in [7, 11) is 1.64. The Hall–Kier alpha value is -0.220. The summed E-state index contributed by atoms with van der Waals surface area (Å²) in [6.45, 7) is 0. The van der Waals surface area contributed by atoms with Gasteiger partial charge in [0.25, 0.3) is 0 Å². The lowest BCUT2D eigenvalue weighted by molar-refractivity contribution is 0.400. The number of nitrogens with zero attached hydrogens (tertiary/aromatic N) is 1. The first-order chi connectivity index (χ1) is 5.27. The first kappa shape index (κ1) is 8.87. The van der Waals surface area contributed by atoms with Crippen molar-refractivity contribution in [2.45, 2.75) is 5.03 Å². The number of halogens is 1. The van der Waals surface area contributed by atoms with Crippen molar-refractivity contribution in [3.63, 3.8) is 0 Å². The summed E-state index contributed by atoms with van der Waals surface area (Å²) in [5, 5.41) is 0.905. The van der Waals surface area contributed by atoms with Crippen LogP contribution in [0.1, 0.15) is 0 Å². The number of aromatic nitrogens is 1. The molecule has 1 aromatic rings. The average Bonchev–Trinajstić information content (AvgIpc) is 2.04. The lowest BCUT2D eigenvalue weighted by atomic mass is 10.5. The minimum absolute atomic E-state index is 0.820. The van der Waals surface area contributed by atoms with Gasteiger partial charge in [0.15, 0.2) is 5.75 Å². The van der Waals surface area contributed by atoms with E-state index in [1.54, 1.807) is 18.9 Å². The zero-order valence-corrected chi connectivity index (χ0v) is 8.70. The third kappa shape index (κ3) is 2.10. The molecule has 60 valence electrons. The average molecular weight is 234 g/mol. The molecule has 11 heavy (non-hydrogen) atoms. The van der Waals surface area contributed by atoms with Crippen molar-refractivity contribution in [2.24, 2.45) is 0 Å². The molecule has 0 aromatic carbocycles. The van der Waals surface area contributed by atoms with Crippen molar-refractivity contribution in [1.82, 2.24) is 4.98 Å². The van der Waals surface area contributed by atoms with E-state index in [0.717, 1.165) is 15.4 Å². The van der Waals surface area contributed by atoms with Crippen molar-refractivity contribution < 1.29 is 4.74 Å². The first-order valence-corrected chi connectivity index (χ1v) is 5.04. The molecule has 0 spiro atoms. The summed E-state index contributed by atoms with van der Waals surface area (Å²) in [5.74, 6) is 0.820. The van der Waals surface area contributed by atoms with Crippen LogP contribution in [0.15, 0.2) is 21.8 Å². The van der Waals surface area contributed by atoms with Crippen LogP contribution >= 0.6 is 27.7 Å². The number of methoxy groups -OCH3 is 1. The maximum absolute atomic E-state index is 5.09. The van der Waals surface area contributed by atoms with Crippen LogP contribution in [0.2, 0.25) is 0 Å². The molecule has 0 saturated heterocycles. The van der Waals surface area contributed by atoms with Gasteiger partial charge in [-0.15, -0.1) is 11.8 Å². The Bertz CT molecular complexity index is 254. The monoisotopic (exact) mass is 233 g/mol. The highest BCUT2D eigenvalue weighted by atomic mass is 79.9. The van der Waals surface area contributed by atoms with E-state index in [1.165, 1.54) is 0 Å². The molecule has 1 heterocycles. The Labute approximate surface area is 78.5 Å². The standard InChI is InChI=1S/C7H8BrNOS/c1-10-5-3-4-6(8)9-7(5)11-2/h3-4H,1-2H3. The van der Waals surface area contributed by atoms with Gasteiger partial charge in [-0.1, -0.05) is 0 Å². The van der Waals surface area contributed by atoms with Crippen LogP contribution < -0.4 is 4.74 Å². The van der Waals surface area contributed by atoms with Crippen molar-refractivity contribution in [2.75, 3.05) is 13.4 Å². The second-order valence-corrected chi connectivity index (χ2v) is 3.45. The Morgan fingerprint density at radius 1 is 1.55 bits per heavy atom. The zero-order chi connectivity index (χ0) is 8.27. The molecule has 1 aromatic heterocycles. The number of hydrogen-bond donors (Lipinski definition) is 0. The maximum Gasteiger partial charge on any atom is 0.151 e. The number of thioether (sulfide) groups is 1. The molecule has 2 nitrogen and oxygen atoms in total. The lowest BCUT2D eigenvalue weighted by Crippen LogP contribution is -1.88. The molecule has 0 aliphatic rings. The van der Waals surface area contributed by atoms with Crippen molar-refractivity contribution in [3.8, 4) is 5.75 Å². The quantitative estimate of drug-likeness (QED) is 0.580. The summed E-state index contributed by atoms with van der Waals surface area (Å²) in [6, 6.07) is 3.75. The molecule has 0 unspecified atom stereocenters. The second-order valence-electron chi connectivity index (χ2n) is 1.85. The highest BCUT2D eigenvalue weighted by Crippen LogP contribution is 2.26. The fourth-order valence-corrected chi connectivity index (χ4v) is 1.68. The lowest BCUT2D eigenvalue weighted by Gasteiger charge is -2.03. The second kappa shape index (κ2) is 3.97. The van der Waals surface area contributed by atoms with Gasteiger partial charge in [-0.25, -0.2) is 4.98 Å². The molecular weight excluding hydrogens is 226 g/mol. The largest absolute Gasteiger partial charge is 0.494 e. The molecule has 0 N–H and O–H groups in total. The van der Waals surface area contributed by atoms with Crippen LogP contribution in [-0.4, -0.2) is 18.3 Å². The van der Waals surface area contributed by atoms with Gasteiger partial charge in [-0.2, -0.15) is 0 Å². The highest BCUT2D eigenvalue weighted by molar-refractivity contribution is 9.10. The molecule has 0 bridgehead atoms. The normalized spacial score (nSPS) is 9.73. The number of pyridine rings is 1. The predicted molar refractivity (Wildman–Crippen MR) is 50.3 cm³/mol. The molecule has 0 fully saturated rings. The fraction of sp³-hybridized carbons (Fsp3) is 0.286. The molecule has 0 saturated carbocycles. The van der Waals surface area contributed by atoms with Gasteiger partial charge in [-0.3, -0.25) is 0 Å². The first-order valence-electron chi connectivity index (χ1n) is 3.02. The minimum Gasteiger partial charge on any atom is -0.494 e. The van der Waals surface area contributed by atoms with E-state index in [2.05, 4.69) is 20.9 Å². The molecule has 0 aliphatic heterocycles. The van der Waals surface area contributed by atoms with Gasteiger partial charge < -0.3 is 4.74 Å². The van der Waals surface area contributed by atoms with Crippen LogP contribution in [0.5, 0.6) is 5.75 Å². The van der Waals surface area contributed by atoms with Gasteiger partial charge in [0.05, 0.1) is 7.11 Å². The maximum atomic E-state index is 5.09. The summed E-state index contributed by atoms with van der Waals surface area (Å²) < 4.78 is 5.92. The van der Waals surface area contributed by atoms with E-state index in [0.29, 0.717) is 0 Å². The van der Waals surface area contributed by atoms with Crippen molar-refractivity contribution >= 4 is 27.7 Å². The van der Waals surface area contributed by atoms with Crippen molar-refractivity contribution in [1.29, 1.82) is 0 Å². The summed E-state index contributed by atoms with van der Waals surface area (Å²) in [4.78, 5) is 4.22.